The first-order chi connectivity index (χ1) is 9.72. The fourth-order valence-electron chi connectivity index (χ4n) is 1.76. The molecule has 0 unspecified atom stereocenters. The summed E-state index contributed by atoms with van der Waals surface area (Å²) in [5.41, 5.74) is 2.18. The molecule has 0 saturated heterocycles. The summed E-state index contributed by atoms with van der Waals surface area (Å²) in [5.74, 6) is 0.868. The van der Waals surface area contributed by atoms with Crippen molar-refractivity contribution in [3.63, 3.8) is 0 Å². The number of benzene rings is 1. The molecule has 2 aromatic heterocycles. The molecule has 102 valence electrons. The Morgan fingerprint density at radius 1 is 1.20 bits per heavy atom. The number of anilines is 1. The second-order valence-electron chi connectivity index (χ2n) is 4.10. The van der Waals surface area contributed by atoms with Crippen LogP contribution in [0, 0.1) is 0 Å². The summed E-state index contributed by atoms with van der Waals surface area (Å²) in [6.07, 6.45) is 1.82. The van der Waals surface area contributed by atoms with Crippen molar-refractivity contribution in [1.29, 1.82) is 0 Å². The second kappa shape index (κ2) is 6.11. The number of furan rings is 1. The first-order valence-corrected chi connectivity index (χ1v) is 8.36. The molecule has 0 atom stereocenters. The molecule has 0 amide bonds. The SMILES string of the molecule is Brc1cc(CNc2ccc(-c3nccs3)cc2)oc1Br. The predicted octanol–water partition coefficient (Wildman–Crippen LogP) is 5.54. The molecule has 0 fully saturated rings. The number of hydrogen-bond donors (Lipinski definition) is 1. The summed E-state index contributed by atoms with van der Waals surface area (Å²) < 4.78 is 7.16. The Kier molecular flexibility index (Phi) is 4.24. The molecule has 0 aliphatic heterocycles. The Bertz CT molecular complexity index is 673. The molecule has 0 radical (unpaired) electrons. The summed E-state index contributed by atoms with van der Waals surface area (Å²) in [7, 11) is 0. The van der Waals surface area contributed by atoms with Crippen molar-refractivity contribution in [2.75, 3.05) is 5.32 Å². The number of nitrogens with one attached hydrogen (secondary N) is 1. The van der Waals surface area contributed by atoms with Crippen LogP contribution in [-0.4, -0.2) is 4.98 Å². The fourth-order valence-corrected chi connectivity index (χ4v) is 3.07. The van der Waals surface area contributed by atoms with Gasteiger partial charge in [0.25, 0.3) is 0 Å². The summed E-state index contributed by atoms with van der Waals surface area (Å²) >= 11 is 8.37. The smallest absolute Gasteiger partial charge is 0.183 e. The van der Waals surface area contributed by atoms with E-state index in [1.807, 2.05) is 29.8 Å². The summed E-state index contributed by atoms with van der Waals surface area (Å²) in [4.78, 5) is 4.29. The van der Waals surface area contributed by atoms with E-state index in [1.165, 1.54) is 0 Å². The van der Waals surface area contributed by atoms with E-state index in [0.717, 1.165) is 26.5 Å². The third kappa shape index (κ3) is 3.13. The third-order valence-electron chi connectivity index (χ3n) is 2.73. The van der Waals surface area contributed by atoms with Crippen molar-refractivity contribution in [2.45, 2.75) is 6.54 Å². The van der Waals surface area contributed by atoms with Crippen molar-refractivity contribution in [1.82, 2.24) is 4.98 Å². The molecule has 20 heavy (non-hydrogen) atoms. The third-order valence-corrected chi connectivity index (χ3v) is 5.26. The average Bonchev–Trinajstić information content (AvgIpc) is 3.08. The predicted molar refractivity (Wildman–Crippen MR) is 89.0 cm³/mol. The van der Waals surface area contributed by atoms with Crippen LogP contribution in [0.4, 0.5) is 5.69 Å². The van der Waals surface area contributed by atoms with Crippen LogP contribution in [0.1, 0.15) is 5.76 Å². The van der Waals surface area contributed by atoms with Crippen molar-refractivity contribution in [3.8, 4) is 10.6 Å². The Hall–Kier alpha value is -1.11. The molecule has 3 aromatic rings. The molecule has 2 heterocycles. The molecule has 6 heteroatoms. The first kappa shape index (κ1) is 13.9. The average molecular weight is 414 g/mol. The standard InChI is InChI=1S/C14H10Br2N2OS/c15-12-7-11(19-13(12)16)8-18-10-3-1-9(2-4-10)14-17-5-6-20-14/h1-7,18H,8H2. The minimum atomic E-state index is 0.640. The molecule has 0 spiro atoms. The van der Waals surface area contributed by atoms with Gasteiger partial charge >= 0.3 is 0 Å². The van der Waals surface area contributed by atoms with Crippen LogP contribution in [0.25, 0.3) is 10.6 Å². The first-order valence-electron chi connectivity index (χ1n) is 5.90. The number of nitrogens with zero attached hydrogens (tertiary/aromatic N) is 1. The van der Waals surface area contributed by atoms with Gasteiger partial charge in [0.2, 0.25) is 0 Å². The Morgan fingerprint density at radius 2 is 2.00 bits per heavy atom. The van der Waals surface area contributed by atoms with Gasteiger partial charge in [-0.05, 0) is 62.2 Å². The van der Waals surface area contributed by atoms with Gasteiger partial charge in [0.05, 0.1) is 11.0 Å². The maximum Gasteiger partial charge on any atom is 0.183 e. The molecule has 0 bridgehead atoms. The zero-order valence-corrected chi connectivity index (χ0v) is 14.3. The lowest BCUT2D eigenvalue weighted by molar-refractivity contribution is 0.494. The second-order valence-corrected chi connectivity index (χ2v) is 6.57. The van der Waals surface area contributed by atoms with E-state index in [2.05, 4.69) is 54.3 Å². The van der Waals surface area contributed by atoms with Gasteiger partial charge in [-0.25, -0.2) is 4.98 Å². The van der Waals surface area contributed by atoms with Crippen LogP contribution in [0.15, 0.2) is 55.5 Å². The normalized spacial score (nSPS) is 10.7. The van der Waals surface area contributed by atoms with E-state index in [0.29, 0.717) is 11.2 Å². The van der Waals surface area contributed by atoms with Crippen LogP contribution < -0.4 is 5.32 Å². The Labute approximate surface area is 137 Å². The van der Waals surface area contributed by atoms with Gasteiger partial charge in [-0.1, -0.05) is 0 Å². The molecule has 0 saturated carbocycles. The summed E-state index contributed by atoms with van der Waals surface area (Å²) in [6, 6.07) is 10.2. The van der Waals surface area contributed by atoms with E-state index in [4.69, 9.17) is 4.42 Å². The van der Waals surface area contributed by atoms with Crippen molar-refractivity contribution in [2.24, 2.45) is 0 Å². The van der Waals surface area contributed by atoms with Crippen molar-refractivity contribution >= 4 is 48.9 Å². The van der Waals surface area contributed by atoms with Crippen molar-refractivity contribution < 1.29 is 4.42 Å². The number of rotatable bonds is 4. The number of aromatic nitrogens is 1. The number of halogens is 2. The van der Waals surface area contributed by atoms with Crippen LogP contribution in [0.5, 0.6) is 0 Å². The molecule has 1 N–H and O–H groups in total. The van der Waals surface area contributed by atoms with Crippen LogP contribution in [0.3, 0.4) is 0 Å². The highest BCUT2D eigenvalue weighted by molar-refractivity contribution is 9.13. The molecule has 3 rings (SSSR count). The van der Waals surface area contributed by atoms with Crippen LogP contribution in [0.2, 0.25) is 0 Å². The van der Waals surface area contributed by atoms with Gasteiger partial charge in [-0.15, -0.1) is 11.3 Å². The van der Waals surface area contributed by atoms with E-state index in [9.17, 15) is 0 Å². The van der Waals surface area contributed by atoms with Crippen molar-refractivity contribution in [3.05, 3.63) is 56.8 Å². The van der Waals surface area contributed by atoms with Gasteiger partial charge in [0.15, 0.2) is 4.67 Å². The zero-order chi connectivity index (χ0) is 13.9. The highest BCUT2D eigenvalue weighted by Gasteiger charge is 2.06. The van der Waals surface area contributed by atoms with Gasteiger partial charge in [0.1, 0.15) is 10.8 Å². The van der Waals surface area contributed by atoms with Crippen LogP contribution in [-0.2, 0) is 6.54 Å². The molecule has 0 aliphatic carbocycles. The lowest BCUT2D eigenvalue weighted by atomic mass is 10.2. The maximum atomic E-state index is 5.52. The van der Waals surface area contributed by atoms with E-state index in [-0.39, 0.29) is 0 Å². The van der Waals surface area contributed by atoms with Gasteiger partial charge < -0.3 is 9.73 Å². The molecular weight excluding hydrogens is 404 g/mol. The van der Waals surface area contributed by atoms with Gasteiger partial charge in [0, 0.05) is 22.8 Å². The fraction of sp³-hybridized carbons (Fsp3) is 0.0714. The Balaban J connectivity index is 1.66. The van der Waals surface area contributed by atoms with E-state index < -0.39 is 0 Å². The summed E-state index contributed by atoms with van der Waals surface area (Å²) in [5, 5.41) is 6.34. The maximum absolute atomic E-state index is 5.52. The van der Waals surface area contributed by atoms with Gasteiger partial charge in [-0.2, -0.15) is 0 Å². The minimum Gasteiger partial charge on any atom is -0.451 e. The quantitative estimate of drug-likeness (QED) is 0.610. The highest BCUT2D eigenvalue weighted by atomic mass is 79.9. The van der Waals surface area contributed by atoms with Gasteiger partial charge in [-0.3, -0.25) is 0 Å². The van der Waals surface area contributed by atoms with E-state index in [1.54, 1.807) is 11.3 Å². The Morgan fingerprint density at radius 3 is 2.60 bits per heavy atom. The summed E-state index contributed by atoms with van der Waals surface area (Å²) in [6.45, 7) is 0.640. The molecular formula is C14H10Br2N2OS. The monoisotopic (exact) mass is 412 g/mol. The lowest BCUT2D eigenvalue weighted by Gasteiger charge is -2.05. The van der Waals surface area contributed by atoms with Crippen LogP contribution >= 0.6 is 43.2 Å². The number of hydrogen-bond acceptors (Lipinski definition) is 4. The number of thiazole rings is 1. The van der Waals surface area contributed by atoms with E-state index >= 15 is 0 Å². The molecule has 0 aliphatic rings. The minimum absolute atomic E-state index is 0.640. The largest absolute Gasteiger partial charge is 0.451 e. The highest BCUT2D eigenvalue weighted by Crippen LogP contribution is 2.27. The molecule has 3 nitrogen and oxygen atoms in total. The molecule has 1 aromatic carbocycles. The lowest BCUT2D eigenvalue weighted by Crippen LogP contribution is -1.97. The zero-order valence-electron chi connectivity index (χ0n) is 10.3. The topological polar surface area (TPSA) is 38.1 Å².